The summed E-state index contributed by atoms with van der Waals surface area (Å²) >= 11 is 0. The van der Waals surface area contributed by atoms with Gasteiger partial charge in [0, 0.05) is 0 Å². The molecule has 0 atom stereocenters. The summed E-state index contributed by atoms with van der Waals surface area (Å²) in [4.78, 5) is 10.7. The van der Waals surface area contributed by atoms with Crippen molar-refractivity contribution in [3.63, 3.8) is 0 Å². The Kier molecular flexibility index (Phi) is 3.05. The summed E-state index contributed by atoms with van der Waals surface area (Å²) in [5.41, 5.74) is 4.30. The highest BCUT2D eigenvalue weighted by atomic mass is 19.1. The van der Waals surface area contributed by atoms with Crippen LogP contribution >= 0.6 is 0 Å². The van der Waals surface area contributed by atoms with Gasteiger partial charge in [0.05, 0.1) is 5.56 Å². The molecule has 0 bridgehead atoms. The number of carbonyl (C=O) groups excluding carboxylic acids is 1. The van der Waals surface area contributed by atoms with Gasteiger partial charge in [-0.25, -0.2) is 4.39 Å². The average Bonchev–Trinajstić information content (AvgIpc) is 2.30. The Labute approximate surface area is 99.9 Å². The minimum atomic E-state index is -0.478. The van der Waals surface area contributed by atoms with Crippen LogP contribution in [0.1, 0.15) is 21.5 Å². The van der Waals surface area contributed by atoms with Gasteiger partial charge in [-0.1, -0.05) is 29.8 Å². The Morgan fingerprint density at radius 1 is 1.06 bits per heavy atom. The summed E-state index contributed by atoms with van der Waals surface area (Å²) in [6, 6.07) is 10.7. The Hall–Kier alpha value is -1.96. The molecule has 0 amide bonds. The Morgan fingerprint density at radius 3 is 2.47 bits per heavy atom. The fourth-order valence-corrected chi connectivity index (χ4v) is 1.94. The van der Waals surface area contributed by atoms with E-state index in [1.54, 1.807) is 12.1 Å². The number of carbonyl (C=O) groups is 1. The van der Waals surface area contributed by atoms with Gasteiger partial charge >= 0.3 is 0 Å². The van der Waals surface area contributed by atoms with Gasteiger partial charge in [-0.2, -0.15) is 0 Å². The van der Waals surface area contributed by atoms with E-state index in [0.717, 1.165) is 16.7 Å². The zero-order valence-corrected chi connectivity index (χ0v) is 9.83. The number of aldehydes is 1. The van der Waals surface area contributed by atoms with Gasteiger partial charge in [0.15, 0.2) is 6.29 Å². The molecule has 0 aliphatic rings. The maximum absolute atomic E-state index is 13.2. The molecule has 2 rings (SSSR count). The third-order valence-corrected chi connectivity index (χ3v) is 2.82. The second kappa shape index (κ2) is 4.50. The summed E-state index contributed by atoms with van der Waals surface area (Å²) in [6.07, 6.45) is 0.544. The predicted octanol–water partition coefficient (Wildman–Crippen LogP) is 3.92. The molecule has 1 nitrogen and oxygen atoms in total. The number of rotatable bonds is 2. The normalized spacial score (nSPS) is 10.3. The number of hydrogen-bond donors (Lipinski definition) is 0. The van der Waals surface area contributed by atoms with Gasteiger partial charge in [-0.15, -0.1) is 0 Å². The van der Waals surface area contributed by atoms with Gasteiger partial charge in [0.25, 0.3) is 0 Å². The van der Waals surface area contributed by atoms with Crippen molar-refractivity contribution in [1.82, 2.24) is 0 Å². The van der Waals surface area contributed by atoms with Gasteiger partial charge in [-0.3, -0.25) is 4.79 Å². The van der Waals surface area contributed by atoms with E-state index in [4.69, 9.17) is 0 Å². The van der Waals surface area contributed by atoms with Crippen LogP contribution in [0.3, 0.4) is 0 Å². The molecule has 0 aliphatic carbocycles. The lowest BCUT2D eigenvalue weighted by Gasteiger charge is -2.08. The van der Waals surface area contributed by atoms with Gasteiger partial charge in [0.1, 0.15) is 5.82 Å². The van der Waals surface area contributed by atoms with Crippen molar-refractivity contribution in [2.45, 2.75) is 13.8 Å². The summed E-state index contributed by atoms with van der Waals surface area (Å²) in [6.45, 7) is 4.03. The molecule has 0 heterocycles. The van der Waals surface area contributed by atoms with Crippen LogP contribution in [0.5, 0.6) is 0 Å². The quantitative estimate of drug-likeness (QED) is 0.712. The third-order valence-electron chi connectivity index (χ3n) is 2.82. The second-order valence-electron chi connectivity index (χ2n) is 4.17. The van der Waals surface area contributed by atoms with E-state index in [2.05, 4.69) is 6.07 Å². The van der Waals surface area contributed by atoms with Crippen molar-refractivity contribution >= 4 is 6.29 Å². The SMILES string of the molecule is Cc1ccc(-c2ccc(F)c(C=O)c2)c(C)c1. The maximum atomic E-state index is 13.2. The number of aryl methyl sites for hydroxylation is 2. The molecule has 0 N–H and O–H groups in total. The van der Waals surface area contributed by atoms with Gasteiger partial charge in [0.2, 0.25) is 0 Å². The molecule has 2 aromatic carbocycles. The Bertz CT molecular complexity index is 573. The summed E-state index contributed by atoms with van der Waals surface area (Å²) in [7, 11) is 0. The van der Waals surface area contributed by atoms with Crippen LogP contribution in [0, 0.1) is 19.7 Å². The molecule has 86 valence electrons. The van der Waals surface area contributed by atoms with Crippen LogP contribution in [0.15, 0.2) is 36.4 Å². The van der Waals surface area contributed by atoms with Gasteiger partial charge < -0.3 is 0 Å². The molecular weight excluding hydrogens is 215 g/mol. The molecule has 0 aliphatic heterocycles. The number of hydrogen-bond acceptors (Lipinski definition) is 1. The lowest BCUT2D eigenvalue weighted by Crippen LogP contribution is -1.90. The van der Waals surface area contributed by atoms with E-state index in [1.165, 1.54) is 11.6 Å². The van der Waals surface area contributed by atoms with Crippen LogP contribution in [-0.2, 0) is 0 Å². The molecule has 0 saturated carbocycles. The van der Waals surface area contributed by atoms with Crippen molar-refractivity contribution in [2.24, 2.45) is 0 Å². The molecular formula is C15H13FO. The zero-order chi connectivity index (χ0) is 12.4. The first-order chi connectivity index (χ1) is 8.11. The van der Waals surface area contributed by atoms with E-state index in [-0.39, 0.29) is 5.56 Å². The van der Waals surface area contributed by atoms with Gasteiger partial charge in [-0.05, 0) is 42.7 Å². The number of benzene rings is 2. The van der Waals surface area contributed by atoms with E-state index in [9.17, 15) is 9.18 Å². The molecule has 0 saturated heterocycles. The predicted molar refractivity (Wildman–Crippen MR) is 66.7 cm³/mol. The average molecular weight is 228 g/mol. The fraction of sp³-hybridized carbons (Fsp3) is 0.133. The standard InChI is InChI=1S/C15H13FO/c1-10-3-5-14(11(2)7-10)12-4-6-15(16)13(8-12)9-17/h3-9H,1-2H3. The van der Waals surface area contributed by atoms with E-state index in [1.807, 2.05) is 26.0 Å². The van der Waals surface area contributed by atoms with Crippen LogP contribution in [0.4, 0.5) is 4.39 Å². The van der Waals surface area contributed by atoms with Crippen molar-refractivity contribution in [3.05, 3.63) is 58.9 Å². The first kappa shape index (κ1) is 11.5. The summed E-state index contributed by atoms with van der Waals surface area (Å²) in [5, 5.41) is 0. The van der Waals surface area contributed by atoms with Crippen LogP contribution in [-0.4, -0.2) is 6.29 Å². The highest BCUT2D eigenvalue weighted by Gasteiger charge is 2.06. The first-order valence-corrected chi connectivity index (χ1v) is 5.44. The summed E-state index contributed by atoms with van der Waals surface area (Å²) < 4.78 is 13.2. The van der Waals surface area contributed by atoms with Crippen molar-refractivity contribution in [2.75, 3.05) is 0 Å². The monoisotopic (exact) mass is 228 g/mol. The maximum Gasteiger partial charge on any atom is 0.153 e. The number of halogens is 1. The zero-order valence-electron chi connectivity index (χ0n) is 9.83. The fourth-order valence-electron chi connectivity index (χ4n) is 1.94. The molecule has 2 heteroatoms. The Morgan fingerprint density at radius 2 is 1.82 bits per heavy atom. The molecule has 0 spiro atoms. The molecule has 0 unspecified atom stereocenters. The minimum Gasteiger partial charge on any atom is -0.298 e. The van der Waals surface area contributed by atoms with E-state index < -0.39 is 5.82 Å². The minimum absolute atomic E-state index is 0.0995. The molecule has 0 fully saturated rings. The smallest absolute Gasteiger partial charge is 0.153 e. The molecule has 2 aromatic rings. The topological polar surface area (TPSA) is 17.1 Å². The van der Waals surface area contributed by atoms with Crippen LogP contribution in [0.25, 0.3) is 11.1 Å². The van der Waals surface area contributed by atoms with Crippen LogP contribution < -0.4 is 0 Å². The highest BCUT2D eigenvalue weighted by Crippen LogP contribution is 2.25. The highest BCUT2D eigenvalue weighted by molar-refractivity contribution is 5.80. The van der Waals surface area contributed by atoms with Crippen molar-refractivity contribution in [1.29, 1.82) is 0 Å². The molecule has 17 heavy (non-hydrogen) atoms. The van der Waals surface area contributed by atoms with Crippen LogP contribution in [0.2, 0.25) is 0 Å². The summed E-state index contributed by atoms with van der Waals surface area (Å²) in [5.74, 6) is -0.478. The van der Waals surface area contributed by atoms with Crippen molar-refractivity contribution in [3.8, 4) is 11.1 Å². The van der Waals surface area contributed by atoms with Crippen molar-refractivity contribution < 1.29 is 9.18 Å². The Balaban J connectivity index is 2.56. The molecule has 0 radical (unpaired) electrons. The second-order valence-corrected chi connectivity index (χ2v) is 4.17. The lowest BCUT2D eigenvalue weighted by atomic mass is 9.97. The largest absolute Gasteiger partial charge is 0.298 e. The third kappa shape index (κ3) is 2.26. The first-order valence-electron chi connectivity index (χ1n) is 5.44. The van der Waals surface area contributed by atoms with E-state index >= 15 is 0 Å². The van der Waals surface area contributed by atoms with E-state index in [0.29, 0.717) is 6.29 Å². The lowest BCUT2D eigenvalue weighted by molar-refractivity contribution is 0.112. The molecule has 0 aromatic heterocycles.